The van der Waals surface area contributed by atoms with Gasteiger partial charge in [0.15, 0.2) is 11.5 Å². The van der Waals surface area contributed by atoms with Crippen molar-refractivity contribution in [2.24, 2.45) is 5.92 Å². The summed E-state index contributed by atoms with van der Waals surface area (Å²) >= 11 is 0. The molecule has 36 heavy (non-hydrogen) atoms. The van der Waals surface area contributed by atoms with Gasteiger partial charge in [-0.25, -0.2) is 0 Å². The Bertz CT molecular complexity index is 1100. The minimum atomic E-state index is -0.544. The lowest BCUT2D eigenvalue weighted by atomic mass is 10.1. The summed E-state index contributed by atoms with van der Waals surface area (Å²) < 4.78 is 11.1. The molecule has 0 saturated carbocycles. The molecule has 10 heteroatoms. The predicted octanol–water partition coefficient (Wildman–Crippen LogP) is 1.17. The second-order valence-corrected chi connectivity index (χ2v) is 9.19. The van der Waals surface area contributed by atoms with Gasteiger partial charge in [-0.1, -0.05) is 18.2 Å². The van der Waals surface area contributed by atoms with Crippen LogP contribution in [0, 0.1) is 5.92 Å². The van der Waals surface area contributed by atoms with Gasteiger partial charge in [0.05, 0.1) is 5.92 Å². The van der Waals surface area contributed by atoms with Gasteiger partial charge in [0.25, 0.3) is 0 Å². The third kappa shape index (κ3) is 5.54. The maximum atomic E-state index is 12.6. The number of hydrazine groups is 1. The largest absolute Gasteiger partial charge is 0.486 e. The van der Waals surface area contributed by atoms with Gasteiger partial charge in [0, 0.05) is 69.6 Å². The molecular weight excluding hydrogens is 462 g/mol. The number of hydrogen-bond donors (Lipinski definition) is 2. The highest BCUT2D eigenvalue weighted by molar-refractivity contribution is 6.00. The lowest BCUT2D eigenvalue weighted by Gasteiger charge is -2.36. The maximum absolute atomic E-state index is 12.6. The number of piperazine rings is 1. The Kier molecular flexibility index (Phi) is 7.22. The number of nitrogens with one attached hydrogen (secondary N) is 2. The van der Waals surface area contributed by atoms with Crippen LogP contribution in [0.25, 0.3) is 0 Å². The summed E-state index contributed by atoms with van der Waals surface area (Å²) in [6.07, 6.45) is 0.375. The summed E-state index contributed by atoms with van der Waals surface area (Å²) in [4.78, 5) is 43.7. The number of amides is 3. The first-order valence-electron chi connectivity index (χ1n) is 12.4. The first-order valence-corrected chi connectivity index (χ1v) is 12.4. The molecule has 5 rings (SSSR count). The van der Waals surface area contributed by atoms with Gasteiger partial charge in [-0.05, 0) is 24.3 Å². The van der Waals surface area contributed by atoms with Crippen LogP contribution in [0.2, 0.25) is 0 Å². The molecule has 0 radical (unpaired) electrons. The fraction of sp³-hybridized carbons (Fsp3) is 0.423. The van der Waals surface area contributed by atoms with Crippen molar-refractivity contribution in [2.45, 2.75) is 12.8 Å². The van der Waals surface area contributed by atoms with E-state index < -0.39 is 5.92 Å². The molecule has 2 fully saturated rings. The molecule has 2 N–H and O–H groups in total. The monoisotopic (exact) mass is 493 g/mol. The first-order chi connectivity index (χ1) is 17.6. The van der Waals surface area contributed by atoms with Crippen LogP contribution in [0.15, 0.2) is 48.5 Å². The minimum Gasteiger partial charge on any atom is -0.486 e. The van der Waals surface area contributed by atoms with Gasteiger partial charge >= 0.3 is 0 Å². The van der Waals surface area contributed by atoms with Gasteiger partial charge < -0.3 is 19.3 Å². The molecule has 0 aromatic heterocycles. The fourth-order valence-electron chi connectivity index (χ4n) is 4.76. The number of hydrogen-bond acceptors (Lipinski definition) is 7. The SMILES string of the molecule is O=C(CCN1CCN(c2ccccc2)CC1)NNC(=O)[C@H]1CC(=O)N(c2ccc3c(c2)OCCO3)C1. The molecule has 0 bridgehead atoms. The van der Waals surface area contributed by atoms with Crippen LogP contribution >= 0.6 is 0 Å². The standard InChI is InChI=1S/C26H31N5O5/c32-24(8-9-29-10-12-30(13-11-29)20-4-2-1-3-5-20)27-28-26(34)19-16-25(33)31(18-19)21-6-7-22-23(17-21)36-15-14-35-22/h1-7,17,19H,8-16,18H2,(H,27,32)(H,28,34)/t19-/m0/s1. The molecular formula is C26H31N5O5. The van der Waals surface area contributed by atoms with Crippen molar-refractivity contribution < 1.29 is 23.9 Å². The molecule has 3 heterocycles. The topological polar surface area (TPSA) is 103 Å². The number of fused-ring (bicyclic) bond motifs is 1. The van der Waals surface area contributed by atoms with Crippen molar-refractivity contribution in [3.8, 4) is 11.5 Å². The van der Waals surface area contributed by atoms with Gasteiger partial charge in [-0.15, -0.1) is 0 Å². The van der Waals surface area contributed by atoms with E-state index in [1.54, 1.807) is 23.1 Å². The predicted molar refractivity (Wildman–Crippen MR) is 134 cm³/mol. The van der Waals surface area contributed by atoms with E-state index in [1.165, 1.54) is 5.69 Å². The Morgan fingerprint density at radius 1 is 0.889 bits per heavy atom. The van der Waals surface area contributed by atoms with E-state index >= 15 is 0 Å². The van der Waals surface area contributed by atoms with Crippen LogP contribution in [-0.2, 0) is 14.4 Å². The van der Waals surface area contributed by atoms with Crippen LogP contribution in [0.4, 0.5) is 11.4 Å². The zero-order valence-electron chi connectivity index (χ0n) is 20.2. The van der Waals surface area contributed by atoms with Crippen molar-refractivity contribution in [3.05, 3.63) is 48.5 Å². The van der Waals surface area contributed by atoms with E-state index in [0.29, 0.717) is 43.4 Å². The zero-order valence-corrected chi connectivity index (χ0v) is 20.2. The van der Waals surface area contributed by atoms with Crippen molar-refractivity contribution in [1.82, 2.24) is 15.8 Å². The van der Waals surface area contributed by atoms with Gasteiger partial charge in [0.2, 0.25) is 17.7 Å². The molecule has 0 spiro atoms. The van der Waals surface area contributed by atoms with Crippen LogP contribution in [0.1, 0.15) is 12.8 Å². The fourth-order valence-corrected chi connectivity index (χ4v) is 4.76. The lowest BCUT2D eigenvalue weighted by molar-refractivity contribution is -0.131. The molecule has 190 valence electrons. The van der Waals surface area contributed by atoms with Gasteiger partial charge in [0.1, 0.15) is 13.2 Å². The number of ether oxygens (including phenoxy) is 2. The Morgan fingerprint density at radius 2 is 1.64 bits per heavy atom. The number of carbonyl (C=O) groups is 3. The Hall–Kier alpha value is -3.79. The number of anilines is 2. The summed E-state index contributed by atoms with van der Waals surface area (Å²) in [6.45, 7) is 5.42. The van der Waals surface area contributed by atoms with Crippen molar-refractivity contribution in [3.63, 3.8) is 0 Å². The summed E-state index contributed by atoms with van der Waals surface area (Å²) in [5, 5.41) is 0. The average molecular weight is 494 g/mol. The van der Waals surface area contributed by atoms with E-state index in [0.717, 1.165) is 26.2 Å². The van der Waals surface area contributed by atoms with E-state index in [2.05, 4.69) is 32.8 Å². The minimum absolute atomic E-state index is 0.0852. The van der Waals surface area contributed by atoms with Crippen LogP contribution in [0.5, 0.6) is 11.5 Å². The molecule has 2 saturated heterocycles. The number of benzene rings is 2. The van der Waals surface area contributed by atoms with E-state index in [4.69, 9.17) is 9.47 Å². The average Bonchev–Trinajstić information content (AvgIpc) is 3.32. The molecule has 1 atom stereocenters. The quantitative estimate of drug-likeness (QED) is 0.583. The number of para-hydroxylation sites is 1. The third-order valence-electron chi connectivity index (χ3n) is 6.81. The van der Waals surface area contributed by atoms with Gasteiger partial charge in [-0.3, -0.25) is 30.1 Å². The van der Waals surface area contributed by atoms with Gasteiger partial charge in [-0.2, -0.15) is 0 Å². The molecule has 2 aromatic rings. The van der Waals surface area contributed by atoms with E-state index in [1.807, 2.05) is 18.2 Å². The molecule has 0 unspecified atom stereocenters. The molecule has 3 amide bonds. The van der Waals surface area contributed by atoms with Crippen molar-refractivity contribution in [1.29, 1.82) is 0 Å². The number of rotatable bonds is 6. The highest BCUT2D eigenvalue weighted by Crippen LogP contribution is 2.36. The normalized spacial score (nSPS) is 19.8. The highest BCUT2D eigenvalue weighted by atomic mass is 16.6. The lowest BCUT2D eigenvalue weighted by Crippen LogP contribution is -2.49. The Balaban J connectivity index is 1.03. The van der Waals surface area contributed by atoms with E-state index in [-0.39, 0.29) is 30.7 Å². The number of carbonyl (C=O) groups excluding carboxylic acids is 3. The van der Waals surface area contributed by atoms with Crippen LogP contribution < -0.4 is 30.1 Å². The zero-order chi connectivity index (χ0) is 24.9. The number of nitrogens with zero attached hydrogens (tertiary/aromatic N) is 3. The molecule has 10 nitrogen and oxygen atoms in total. The molecule has 3 aliphatic rings. The maximum Gasteiger partial charge on any atom is 0.243 e. The molecule has 3 aliphatic heterocycles. The molecule has 2 aromatic carbocycles. The summed E-state index contributed by atoms with van der Waals surface area (Å²) in [5.74, 6) is -0.0696. The Morgan fingerprint density at radius 3 is 2.42 bits per heavy atom. The summed E-state index contributed by atoms with van der Waals surface area (Å²) in [6, 6.07) is 15.6. The summed E-state index contributed by atoms with van der Waals surface area (Å²) in [5.41, 5.74) is 6.88. The second kappa shape index (κ2) is 10.9. The van der Waals surface area contributed by atoms with Crippen molar-refractivity contribution in [2.75, 3.05) is 62.3 Å². The van der Waals surface area contributed by atoms with E-state index in [9.17, 15) is 14.4 Å². The van der Waals surface area contributed by atoms with Crippen LogP contribution in [0.3, 0.4) is 0 Å². The van der Waals surface area contributed by atoms with Crippen LogP contribution in [-0.4, -0.2) is 75.1 Å². The summed E-state index contributed by atoms with van der Waals surface area (Å²) in [7, 11) is 0. The molecule has 0 aliphatic carbocycles. The third-order valence-corrected chi connectivity index (χ3v) is 6.81. The smallest absolute Gasteiger partial charge is 0.243 e. The highest BCUT2D eigenvalue weighted by Gasteiger charge is 2.35. The van der Waals surface area contributed by atoms with Crippen molar-refractivity contribution >= 4 is 29.1 Å². The first kappa shape index (κ1) is 23.9. The Labute approximate surface area is 210 Å². The second-order valence-electron chi connectivity index (χ2n) is 9.19.